The Labute approximate surface area is 170 Å². The number of rotatable bonds is 8. The maximum absolute atomic E-state index is 12.3. The molecule has 0 aromatic heterocycles. The molecule has 0 saturated carbocycles. The van der Waals surface area contributed by atoms with E-state index in [0.29, 0.717) is 11.1 Å². The van der Waals surface area contributed by atoms with Crippen molar-refractivity contribution in [2.45, 2.75) is 0 Å². The van der Waals surface area contributed by atoms with E-state index in [-0.39, 0.29) is 23.0 Å². The van der Waals surface area contributed by atoms with Crippen LogP contribution in [0.25, 0.3) is 12.2 Å². The van der Waals surface area contributed by atoms with E-state index in [1.165, 1.54) is 48.6 Å². The third kappa shape index (κ3) is 4.89. The van der Waals surface area contributed by atoms with Gasteiger partial charge in [0.2, 0.25) is 0 Å². The second-order valence-corrected chi connectivity index (χ2v) is 4.89. The number of carbonyl (C=O) groups is 1. The van der Waals surface area contributed by atoms with Gasteiger partial charge in [0, 0.05) is 0 Å². The maximum Gasteiger partial charge on any atom is 0.178 e. The van der Waals surface area contributed by atoms with Crippen molar-refractivity contribution >= 4 is 17.9 Å². The molecule has 2 aromatic rings. The average Bonchev–Trinajstić information content (AvgIpc) is 2.70. The lowest BCUT2D eigenvalue weighted by atomic mass is 10.1. The summed E-state index contributed by atoms with van der Waals surface area (Å²) in [4.78, 5) is 12.3. The largest absolute Gasteiger partial charge is 0.493 e. The molecule has 0 saturated heterocycles. The molecule has 0 unspecified atom stereocenters. The summed E-state index contributed by atoms with van der Waals surface area (Å²) in [6.45, 7) is 0. The van der Waals surface area contributed by atoms with Gasteiger partial charge >= 0.3 is 0 Å². The number of methoxy groups -OCH3 is 4. The highest BCUT2D eigenvalue weighted by Gasteiger charge is 2.04. The normalized spacial score (nSPS) is 19.7. The van der Waals surface area contributed by atoms with E-state index in [4.69, 9.17) is 35.4 Å². The van der Waals surface area contributed by atoms with Crippen LogP contribution in [0.5, 0.6) is 23.0 Å². The molecule has 5 heteroatoms. The first kappa shape index (κ1) is 8.45. The van der Waals surface area contributed by atoms with E-state index in [0.717, 1.165) is 12.2 Å². The third-order valence-corrected chi connectivity index (χ3v) is 3.26. The molecule has 26 heavy (non-hydrogen) atoms. The molecule has 0 heterocycles. The Kier molecular flexibility index (Phi) is 3.03. The number of carbonyl (C=O) groups excluding carboxylic acids is 1. The van der Waals surface area contributed by atoms with E-state index in [1.807, 2.05) is 0 Å². The molecule has 0 amide bonds. The minimum atomic E-state index is -2.89. The topological polar surface area (TPSA) is 54.0 Å². The molecule has 5 nitrogen and oxygen atoms in total. The van der Waals surface area contributed by atoms with Gasteiger partial charge in [0.1, 0.15) is 0 Å². The number of benzene rings is 2. The molecule has 0 radical (unpaired) electrons. The van der Waals surface area contributed by atoms with Crippen molar-refractivity contribution in [3.63, 3.8) is 0 Å². The van der Waals surface area contributed by atoms with E-state index < -0.39 is 33.9 Å². The minimum Gasteiger partial charge on any atom is -0.493 e. The molecule has 136 valence electrons. The van der Waals surface area contributed by atoms with Gasteiger partial charge in [-0.1, -0.05) is 24.3 Å². The highest BCUT2D eigenvalue weighted by molar-refractivity contribution is 6.04. The van der Waals surface area contributed by atoms with Crippen molar-refractivity contribution < 1.29 is 40.2 Å². The number of allylic oxidation sites excluding steroid dienone is 2. The lowest BCUT2D eigenvalue weighted by molar-refractivity contribution is -0.110. The molecule has 2 aromatic carbocycles. The van der Waals surface area contributed by atoms with Crippen molar-refractivity contribution in [2.75, 3.05) is 28.2 Å². The number of ketones is 1. The summed E-state index contributed by atoms with van der Waals surface area (Å²) in [5.74, 6) is -1.93. The van der Waals surface area contributed by atoms with Crippen molar-refractivity contribution in [3.05, 3.63) is 59.7 Å². The Bertz CT molecular complexity index is 1100. The van der Waals surface area contributed by atoms with Crippen LogP contribution in [0.2, 0.25) is 0 Å². The van der Waals surface area contributed by atoms with Crippen LogP contribution in [0.1, 0.15) is 27.6 Å². The van der Waals surface area contributed by atoms with Crippen LogP contribution >= 0.6 is 0 Å². The first-order chi connectivity index (χ1) is 17.2. The summed E-state index contributed by atoms with van der Waals surface area (Å²) in [5, 5.41) is 0. The van der Waals surface area contributed by atoms with Crippen LogP contribution < -0.4 is 18.9 Å². The highest BCUT2D eigenvalue weighted by atomic mass is 16.5. The monoisotopic (exact) mass is 366 g/mol. The van der Waals surface area contributed by atoms with Gasteiger partial charge in [-0.05, 0) is 47.5 Å². The zero-order chi connectivity index (χ0) is 28.9. The Balaban J connectivity index is 2.24. The first-order valence-corrected chi connectivity index (χ1v) is 7.13. The zero-order valence-corrected chi connectivity index (χ0v) is 13.3. The first-order valence-electron chi connectivity index (χ1n) is 13.1. The third-order valence-electron chi connectivity index (χ3n) is 3.26. The fraction of sp³-hybridized carbons (Fsp3) is 0.190. The van der Waals surface area contributed by atoms with Crippen molar-refractivity contribution in [1.82, 2.24) is 0 Å². The summed E-state index contributed by atoms with van der Waals surface area (Å²) in [6, 6.07) is 7.49. The summed E-state index contributed by atoms with van der Waals surface area (Å²) in [6.07, 6.45) is 4.88. The van der Waals surface area contributed by atoms with Crippen LogP contribution in [0.4, 0.5) is 0 Å². The van der Waals surface area contributed by atoms with Crippen LogP contribution in [-0.2, 0) is 4.79 Å². The van der Waals surface area contributed by atoms with E-state index in [9.17, 15) is 4.79 Å². The molecular weight excluding hydrogens is 332 g/mol. The van der Waals surface area contributed by atoms with Crippen molar-refractivity contribution in [3.8, 4) is 23.0 Å². The van der Waals surface area contributed by atoms with Crippen LogP contribution in [0.3, 0.4) is 0 Å². The van der Waals surface area contributed by atoms with Gasteiger partial charge in [0.15, 0.2) is 28.8 Å². The second-order valence-electron chi connectivity index (χ2n) is 4.89. The zero-order valence-electron chi connectivity index (χ0n) is 25.3. The molecule has 0 fully saturated rings. The van der Waals surface area contributed by atoms with E-state index >= 15 is 0 Å². The van der Waals surface area contributed by atoms with Crippen LogP contribution in [-0.4, -0.2) is 33.9 Å². The SMILES string of the molecule is [2H]C([2H])([2H])Oc1ccc(/C=C/C(=O)/C=C/c2ccc(OC([2H])([2H])[2H])c(OC([2H])([2H])[2H])c2)cc1OC([2H])([2H])[2H]. The van der Waals surface area contributed by atoms with Gasteiger partial charge < -0.3 is 18.9 Å². The van der Waals surface area contributed by atoms with Gasteiger partial charge in [-0.15, -0.1) is 0 Å². The Morgan fingerprint density at radius 3 is 1.58 bits per heavy atom. The standard InChI is InChI=1S/C21H22O5/c1-23-18-11-7-15(13-20(18)25-3)5-9-17(22)10-6-16-8-12-19(24-2)21(14-16)26-4/h5-14H,1-4H3/b9-5+,10-6+/i1D3,2D3,3D3,4D3. The highest BCUT2D eigenvalue weighted by Crippen LogP contribution is 2.29. The predicted molar refractivity (Wildman–Crippen MR) is 102 cm³/mol. The summed E-state index contributed by atoms with van der Waals surface area (Å²) in [5.41, 5.74) is 0.590. The molecule has 0 atom stereocenters. The molecule has 0 spiro atoms. The molecule has 0 aliphatic carbocycles. The Morgan fingerprint density at radius 1 is 0.731 bits per heavy atom. The molecule has 0 aliphatic rings. The fourth-order valence-corrected chi connectivity index (χ4v) is 2.00. The quantitative estimate of drug-likeness (QED) is 0.661. The lowest BCUT2D eigenvalue weighted by Gasteiger charge is -2.07. The molecule has 0 N–H and O–H groups in total. The summed E-state index contributed by atoms with van der Waals surface area (Å²) in [7, 11) is -11.5. The summed E-state index contributed by atoms with van der Waals surface area (Å²) >= 11 is 0. The van der Waals surface area contributed by atoms with Crippen molar-refractivity contribution in [1.29, 1.82) is 0 Å². The van der Waals surface area contributed by atoms with Crippen molar-refractivity contribution in [2.24, 2.45) is 0 Å². The fourth-order valence-electron chi connectivity index (χ4n) is 2.00. The van der Waals surface area contributed by atoms with Gasteiger partial charge in [-0.25, -0.2) is 0 Å². The van der Waals surface area contributed by atoms with Gasteiger partial charge in [-0.3, -0.25) is 4.79 Å². The smallest absolute Gasteiger partial charge is 0.178 e. The number of ether oxygens (including phenoxy) is 4. The average molecular weight is 366 g/mol. The van der Waals surface area contributed by atoms with E-state index in [1.54, 1.807) is 0 Å². The van der Waals surface area contributed by atoms with Gasteiger partial charge in [0.05, 0.1) is 44.6 Å². The molecule has 2 rings (SSSR count). The van der Waals surface area contributed by atoms with E-state index in [2.05, 4.69) is 0 Å². The van der Waals surface area contributed by atoms with Crippen LogP contribution in [0, 0.1) is 0 Å². The Hall–Kier alpha value is -3.21. The molecule has 0 bridgehead atoms. The molecular formula is C21H22O5. The summed E-state index contributed by atoms with van der Waals surface area (Å²) < 4.78 is 106. The van der Waals surface area contributed by atoms with Crippen LogP contribution in [0.15, 0.2) is 48.6 Å². The number of hydrogen-bond acceptors (Lipinski definition) is 5. The molecule has 0 aliphatic heterocycles. The van der Waals surface area contributed by atoms with Gasteiger partial charge in [0.25, 0.3) is 0 Å². The number of hydrogen-bond donors (Lipinski definition) is 0. The van der Waals surface area contributed by atoms with Gasteiger partial charge in [-0.2, -0.15) is 0 Å². The maximum atomic E-state index is 12.3. The lowest BCUT2D eigenvalue weighted by Crippen LogP contribution is -1.91. The second kappa shape index (κ2) is 9.32. The Morgan fingerprint density at radius 2 is 1.15 bits per heavy atom. The minimum absolute atomic E-state index is 0.295. The predicted octanol–water partition coefficient (Wildman–Crippen LogP) is 4.02.